The molecule has 0 aliphatic rings. The molecule has 0 bridgehead atoms. The van der Waals surface area contributed by atoms with E-state index in [0.29, 0.717) is 12.5 Å². The van der Waals surface area contributed by atoms with Crippen molar-refractivity contribution in [3.8, 4) is 0 Å². The van der Waals surface area contributed by atoms with Crippen LogP contribution in [0.1, 0.15) is 45.8 Å². The molecule has 98 valence electrons. The number of thioether (sulfide) groups is 1. The Bertz CT molecular complexity index is 333. The third-order valence-corrected chi connectivity index (χ3v) is 3.67. The molecular formula is C12H23N3OS. The van der Waals surface area contributed by atoms with Crippen LogP contribution in [0.5, 0.6) is 0 Å². The standard InChI is InChI=1S/C12H23N3OS/c1-9(7-13)5-6-11-14-10(15-16-11)8-17-12(2,3)4/h9H,5-8,13H2,1-4H3. The van der Waals surface area contributed by atoms with Crippen molar-refractivity contribution in [2.75, 3.05) is 6.54 Å². The van der Waals surface area contributed by atoms with Crippen LogP contribution in [0.2, 0.25) is 0 Å². The summed E-state index contributed by atoms with van der Waals surface area (Å²) in [4.78, 5) is 4.38. The monoisotopic (exact) mass is 257 g/mol. The number of nitrogens with two attached hydrogens (primary N) is 1. The molecule has 0 radical (unpaired) electrons. The molecule has 5 heteroatoms. The van der Waals surface area contributed by atoms with Gasteiger partial charge in [-0.1, -0.05) is 32.9 Å². The molecule has 1 aromatic rings. The first kappa shape index (κ1) is 14.5. The molecular weight excluding hydrogens is 234 g/mol. The predicted octanol–water partition coefficient (Wildman–Crippen LogP) is 2.63. The quantitative estimate of drug-likeness (QED) is 0.848. The first-order chi connectivity index (χ1) is 7.90. The minimum atomic E-state index is 0.231. The van der Waals surface area contributed by atoms with E-state index < -0.39 is 0 Å². The van der Waals surface area contributed by atoms with Gasteiger partial charge in [0.05, 0.1) is 5.75 Å². The minimum Gasteiger partial charge on any atom is -0.339 e. The molecule has 1 rings (SSSR count). The van der Waals surface area contributed by atoms with Crippen LogP contribution in [0.15, 0.2) is 4.52 Å². The Morgan fingerprint density at radius 2 is 2.12 bits per heavy atom. The number of aryl methyl sites for hydroxylation is 1. The zero-order chi connectivity index (χ0) is 12.9. The van der Waals surface area contributed by atoms with Crippen LogP contribution in [0, 0.1) is 5.92 Å². The van der Waals surface area contributed by atoms with E-state index >= 15 is 0 Å². The molecule has 2 N–H and O–H groups in total. The second kappa shape index (κ2) is 6.40. The fourth-order valence-electron chi connectivity index (χ4n) is 1.22. The zero-order valence-electron chi connectivity index (χ0n) is 11.2. The van der Waals surface area contributed by atoms with E-state index in [0.717, 1.165) is 30.3 Å². The highest BCUT2D eigenvalue weighted by molar-refractivity contribution is 7.99. The Hall–Kier alpha value is -0.550. The third kappa shape index (κ3) is 6.07. The summed E-state index contributed by atoms with van der Waals surface area (Å²) in [7, 11) is 0. The van der Waals surface area contributed by atoms with Crippen molar-refractivity contribution in [2.45, 2.75) is 51.0 Å². The molecule has 0 amide bonds. The topological polar surface area (TPSA) is 64.9 Å². The normalized spacial score (nSPS) is 13.9. The first-order valence-corrected chi connectivity index (χ1v) is 7.05. The van der Waals surface area contributed by atoms with Gasteiger partial charge in [0.1, 0.15) is 0 Å². The third-order valence-electron chi connectivity index (χ3n) is 2.40. The van der Waals surface area contributed by atoms with E-state index in [2.05, 4.69) is 37.8 Å². The van der Waals surface area contributed by atoms with Crippen LogP contribution < -0.4 is 5.73 Å². The molecule has 17 heavy (non-hydrogen) atoms. The second-order valence-electron chi connectivity index (χ2n) is 5.38. The van der Waals surface area contributed by atoms with Gasteiger partial charge in [0.15, 0.2) is 5.82 Å². The molecule has 0 aliphatic carbocycles. The van der Waals surface area contributed by atoms with E-state index in [1.165, 1.54) is 0 Å². The predicted molar refractivity (Wildman–Crippen MR) is 71.9 cm³/mol. The van der Waals surface area contributed by atoms with Gasteiger partial charge < -0.3 is 10.3 Å². The fraction of sp³-hybridized carbons (Fsp3) is 0.833. The van der Waals surface area contributed by atoms with Gasteiger partial charge in [0, 0.05) is 11.2 Å². The number of hydrogen-bond donors (Lipinski definition) is 1. The molecule has 0 fully saturated rings. The van der Waals surface area contributed by atoms with Crippen molar-refractivity contribution >= 4 is 11.8 Å². The maximum absolute atomic E-state index is 5.57. The van der Waals surface area contributed by atoms with Crippen LogP contribution in [-0.2, 0) is 12.2 Å². The highest BCUT2D eigenvalue weighted by Crippen LogP contribution is 2.26. The van der Waals surface area contributed by atoms with Crippen molar-refractivity contribution in [2.24, 2.45) is 11.7 Å². The van der Waals surface area contributed by atoms with E-state index in [4.69, 9.17) is 10.3 Å². The summed E-state index contributed by atoms with van der Waals surface area (Å²) in [6, 6.07) is 0. The van der Waals surface area contributed by atoms with Crippen LogP contribution >= 0.6 is 11.8 Å². The molecule has 0 saturated heterocycles. The van der Waals surface area contributed by atoms with Gasteiger partial charge in [-0.15, -0.1) is 11.8 Å². The minimum absolute atomic E-state index is 0.231. The average Bonchev–Trinajstić information content (AvgIpc) is 2.70. The van der Waals surface area contributed by atoms with Crippen molar-refractivity contribution in [1.82, 2.24) is 10.1 Å². The summed E-state index contributed by atoms with van der Waals surface area (Å²) >= 11 is 1.82. The van der Waals surface area contributed by atoms with Crippen LogP contribution in [-0.4, -0.2) is 21.4 Å². The number of rotatable bonds is 6. The Morgan fingerprint density at radius 3 is 2.71 bits per heavy atom. The molecule has 0 aromatic carbocycles. The summed E-state index contributed by atoms with van der Waals surface area (Å²) in [5.74, 6) is 2.84. The van der Waals surface area contributed by atoms with Gasteiger partial charge in [-0.2, -0.15) is 4.98 Å². The first-order valence-electron chi connectivity index (χ1n) is 6.06. The van der Waals surface area contributed by atoms with E-state index in [1.54, 1.807) is 0 Å². The van der Waals surface area contributed by atoms with Gasteiger partial charge in [-0.05, 0) is 18.9 Å². The average molecular weight is 257 g/mol. The smallest absolute Gasteiger partial charge is 0.226 e. The van der Waals surface area contributed by atoms with Crippen molar-refractivity contribution < 1.29 is 4.52 Å². The number of nitrogens with zero attached hydrogens (tertiary/aromatic N) is 2. The lowest BCUT2D eigenvalue weighted by atomic mass is 10.1. The molecule has 1 unspecified atom stereocenters. The lowest BCUT2D eigenvalue weighted by Crippen LogP contribution is -2.11. The molecule has 4 nitrogen and oxygen atoms in total. The van der Waals surface area contributed by atoms with Gasteiger partial charge in [-0.3, -0.25) is 0 Å². The van der Waals surface area contributed by atoms with Crippen LogP contribution in [0.3, 0.4) is 0 Å². The molecule has 0 aliphatic heterocycles. The summed E-state index contributed by atoms with van der Waals surface area (Å²) in [6.07, 6.45) is 1.83. The highest BCUT2D eigenvalue weighted by atomic mass is 32.2. The lowest BCUT2D eigenvalue weighted by Gasteiger charge is -2.15. The van der Waals surface area contributed by atoms with E-state index in [9.17, 15) is 0 Å². The number of aromatic nitrogens is 2. The molecule has 1 atom stereocenters. The van der Waals surface area contributed by atoms with Gasteiger partial charge in [0.25, 0.3) is 0 Å². The number of hydrogen-bond acceptors (Lipinski definition) is 5. The molecule has 1 heterocycles. The lowest BCUT2D eigenvalue weighted by molar-refractivity contribution is 0.362. The largest absolute Gasteiger partial charge is 0.339 e. The Kier molecular flexibility index (Phi) is 5.46. The Morgan fingerprint density at radius 1 is 1.41 bits per heavy atom. The van der Waals surface area contributed by atoms with Gasteiger partial charge in [-0.25, -0.2) is 0 Å². The summed E-state index contributed by atoms with van der Waals surface area (Å²) in [5, 5.41) is 3.98. The van der Waals surface area contributed by atoms with Crippen molar-refractivity contribution in [3.63, 3.8) is 0 Å². The van der Waals surface area contributed by atoms with Crippen molar-refractivity contribution in [1.29, 1.82) is 0 Å². The maximum Gasteiger partial charge on any atom is 0.226 e. The van der Waals surface area contributed by atoms with E-state index in [-0.39, 0.29) is 4.75 Å². The highest BCUT2D eigenvalue weighted by Gasteiger charge is 2.14. The summed E-state index contributed by atoms with van der Waals surface area (Å²) in [5.41, 5.74) is 5.57. The fourth-order valence-corrected chi connectivity index (χ4v) is 1.90. The molecule has 0 spiro atoms. The van der Waals surface area contributed by atoms with Crippen LogP contribution in [0.25, 0.3) is 0 Å². The van der Waals surface area contributed by atoms with Gasteiger partial charge >= 0.3 is 0 Å². The molecule has 0 saturated carbocycles. The second-order valence-corrected chi connectivity index (χ2v) is 7.19. The Labute approximate surface area is 108 Å². The van der Waals surface area contributed by atoms with Crippen molar-refractivity contribution in [3.05, 3.63) is 11.7 Å². The summed E-state index contributed by atoms with van der Waals surface area (Å²) < 4.78 is 5.44. The van der Waals surface area contributed by atoms with Gasteiger partial charge in [0.2, 0.25) is 5.89 Å². The van der Waals surface area contributed by atoms with E-state index in [1.807, 2.05) is 11.8 Å². The maximum atomic E-state index is 5.57. The Balaban J connectivity index is 2.37. The van der Waals surface area contributed by atoms with Crippen LogP contribution in [0.4, 0.5) is 0 Å². The summed E-state index contributed by atoms with van der Waals surface area (Å²) in [6.45, 7) is 9.39. The zero-order valence-corrected chi connectivity index (χ0v) is 12.0. The SMILES string of the molecule is CC(CN)CCc1nc(CSC(C)(C)C)no1. The molecule has 1 aromatic heterocycles.